The topological polar surface area (TPSA) is 57.4 Å². The van der Waals surface area contributed by atoms with Gasteiger partial charge in [0.2, 0.25) is 0 Å². The van der Waals surface area contributed by atoms with Crippen molar-refractivity contribution in [3.8, 4) is 0 Å². The molecule has 0 spiro atoms. The summed E-state index contributed by atoms with van der Waals surface area (Å²) < 4.78 is 0. The minimum atomic E-state index is 0.0387. The summed E-state index contributed by atoms with van der Waals surface area (Å²) >= 11 is 0. The highest BCUT2D eigenvalue weighted by atomic mass is 14.8. The molecule has 0 saturated heterocycles. The number of nitrogens with zero attached hydrogens (tertiary/aromatic N) is 2. The Morgan fingerprint density at radius 2 is 1.00 bits per heavy atom. The largest absolute Gasteiger partial charge is 0.355 e. The molecule has 1 aromatic carbocycles. The van der Waals surface area contributed by atoms with Crippen molar-refractivity contribution in [1.29, 1.82) is 0 Å². The van der Waals surface area contributed by atoms with Gasteiger partial charge in [0.05, 0.1) is 22.8 Å². The first-order valence-electron chi connectivity index (χ1n) is 13.2. The molecule has 0 atom stereocenters. The highest BCUT2D eigenvalue weighted by Gasteiger charge is 2.23. The van der Waals surface area contributed by atoms with Gasteiger partial charge < -0.3 is 9.97 Å². The zero-order chi connectivity index (χ0) is 26.7. The van der Waals surface area contributed by atoms with E-state index in [2.05, 4.69) is 124 Å². The number of rotatable bonds is 1. The lowest BCUT2D eigenvalue weighted by molar-refractivity contribution is 0.568. The first-order chi connectivity index (χ1) is 18.0. The molecule has 0 saturated carbocycles. The molecule has 6 rings (SSSR count). The monoisotopic (exact) mass is 498 g/mol. The quantitative estimate of drug-likeness (QED) is 0.238. The smallest absolute Gasteiger partial charge is 0.0736 e. The molecule has 4 aromatic rings. The van der Waals surface area contributed by atoms with Gasteiger partial charge in [0.1, 0.15) is 0 Å². The molecular formula is C34H34N4. The number of fused-ring (bicyclic) bond motifs is 8. The summed E-state index contributed by atoms with van der Waals surface area (Å²) in [6.45, 7) is 13.7. The van der Waals surface area contributed by atoms with Crippen LogP contribution in [-0.2, 0) is 10.8 Å². The average Bonchev–Trinajstić information content (AvgIpc) is 3.63. The Hall–Kier alpha value is -4.18. The van der Waals surface area contributed by atoms with Crippen LogP contribution in [0.25, 0.3) is 45.9 Å². The van der Waals surface area contributed by atoms with Crippen molar-refractivity contribution in [2.24, 2.45) is 0 Å². The van der Waals surface area contributed by atoms with Crippen molar-refractivity contribution >= 4 is 45.9 Å². The Labute approximate surface area is 224 Å². The fraction of sp³-hybridized carbons (Fsp3) is 0.235. The van der Waals surface area contributed by atoms with E-state index in [1.54, 1.807) is 0 Å². The molecule has 38 heavy (non-hydrogen) atoms. The molecule has 8 bridgehead atoms. The van der Waals surface area contributed by atoms with Crippen LogP contribution in [0.3, 0.4) is 0 Å². The van der Waals surface area contributed by atoms with E-state index in [4.69, 9.17) is 9.97 Å². The molecule has 2 N–H and O–H groups in total. The summed E-state index contributed by atoms with van der Waals surface area (Å²) in [7, 11) is 0. The number of aromatic amines is 2. The second-order valence-corrected chi connectivity index (χ2v) is 12.4. The van der Waals surface area contributed by atoms with Gasteiger partial charge in [-0.1, -0.05) is 59.7 Å². The van der Waals surface area contributed by atoms with Crippen molar-refractivity contribution in [3.05, 3.63) is 106 Å². The van der Waals surface area contributed by atoms with Crippen LogP contribution in [0.5, 0.6) is 0 Å². The maximum Gasteiger partial charge on any atom is 0.0736 e. The number of nitrogens with one attached hydrogen (secondary N) is 2. The van der Waals surface area contributed by atoms with E-state index in [9.17, 15) is 0 Å². The summed E-state index contributed by atoms with van der Waals surface area (Å²) in [4.78, 5) is 16.9. The molecule has 4 heteroatoms. The number of H-pyrrole nitrogens is 2. The van der Waals surface area contributed by atoms with E-state index >= 15 is 0 Å². The second-order valence-electron chi connectivity index (χ2n) is 12.4. The lowest BCUT2D eigenvalue weighted by Gasteiger charge is -2.26. The van der Waals surface area contributed by atoms with E-state index in [1.807, 2.05) is 12.2 Å². The average molecular weight is 499 g/mol. The molecule has 3 aromatic heterocycles. The van der Waals surface area contributed by atoms with Gasteiger partial charge in [0, 0.05) is 27.6 Å². The predicted molar refractivity (Wildman–Crippen MR) is 161 cm³/mol. The maximum atomic E-state index is 5.09. The first kappa shape index (κ1) is 24.2. The van der Waals surface area contributed by atoms with Crippen LogP contribution < -0.4 is 0 Å². The predicted octanol–water partition coefficient (Wildman–Crippen LogP) is 8.67. The van der Waals surface area contributed by atoms with E-state index in [1.165, 1.54) is 16.7 Å². The Morgan fingerprint density at radius 1 is 0.526 bits per heavy atom. The van der Waals surface area contributed by atoms with Gasteiger partial charge in [0.15, 0.2) is 0 Å². The Kier molecular flexibility index (Phi) is 5.53. The summed E-state index contributed by atoms with van der Waals surface area (Å²) in [5.41, 5.74) is 12.9. The number of hydrogen-bond acceptors (Lipinski definition) is 2. The van der Waals surface area contributed by atoms with Crippen LogP contribution in [0.2, 0.25) is 0 Å². The van der Waals surface area contributed by atoms with Crippen molar-refractivity contribution in [2.45, 2.75) is 52.4 Å². The van der Waals surface area contributed by atoms with Gasteiger partial charge in [-0.15, -0.1) is 0 Å². The molecule has 0 amide bonds. The van der Waals surface area contributed by atoms with Gasteiger partial charge in [-0.3, -0.25) is 0 Å². The van der Waals surface area contributed by atoms with Gasteiger partial charge >= 0.3 is 0 Å². The molecule has 2 aliphatic heterocycles. The lowest BCUT2D eigenvalue weighted by Crippen LogP contribution is -2.17. The third-order valence-electron chi connectivity index (χ3n) is 7.14. The van der Waals surface area contributed by atoms with Crippen LogP contribution in [0.15, 0.2) is 66.7 Å². The zero-order valence-corrected chi connectivity index (χ0v) is 23.0. The molecule has 190 valence electrons. The molecule has 2 aliphatic rings. The Bertz CT molecular complexity index is 1750. The Morgan fingerprint density at radius 3 is 1.50 bits per heavy atom. The second kappa shape index (κ2) is 8.70. The molecule has 0 radical (unpaired) electrons. The van der Waals surface area contributed by atoms with Crippen LogP contribution in [0, 0.1) is 0 Å². The molecule has 0 aliphatic carbocycles. The van der Waals surface area contributed by atoms with Crippen molar-refractivity contribution in [2.75, 3.05) is 0 Å². The maximum absolute atomic E-state index is 5.09. The van der Waals surface area contributed by atoms with E-state index in [0.29, 0.717) is 0 Å². The van der Waals surface area contributed by atoms with E-state index in [0.717, 1.165) is 50.4 Å². The van der Waals surface area contributed by atoms with Crippen molar-refractivity contribution < 1.29 is 0 Å². The van der Waals surface area contributed by atoms with E-state index < -0.39 is 0 Å². The van der Waals surface area contributed by atoms with Gasteiger partial charge in [-0.05, 0) is 94.3 Å². The normalized spacial score (nSPS) is 13.6. The van der Waals surface area contributed by atoms with Crippen LogP contribution in [-0.4, -0.2) is 19.9 Å². The fourth-order valence-electron chi connectivity index (χ4n) is 4.89. The fourth-order valence-corrected chi connectivity index (χ4v) is 4.89. The zero-order valence-electron chi connectivity index (χ0n) is 23.0. The standard InChI is InChI=1S/C34H34N4/c1-33(2,3)22-13-21(14-23(15-22)34(4,5)6)31-19-30-18-28-10-9-26(36-28)16-24-7-8-25(35-24)17-27-11-12-29(37-27)20-32(31)38-30/h7-20,36-37H,1-6H3. The van der Waals surface area contributed by atoms with Crippen LogP contribution in [0.4, 0.5) is 0 Å². The third-order valence-corrected chi connectivity index (χ3v) is 7.14. The molecular weight excluding hydrogens is 464 g/mol. The summed E-state index contributed by atoms with van der Waals surface area (Å²) in [6, 6.07) is 23.8. The Balaban J connectivity index is 1.62. The van der Waals surface area contributed by atoms with Gasteiger partial charge in [-0.2, -0.15) is 0 Å². The minimum Gasteiger partial charge on any atom is -0.355 e. The first-order valence-corrected chi connectivity index (χ1v) is 13.2. The highest BCUT2D eigenvalue weighted by Crippen LogP contribution is 2.36. The molecule has 0 unspecified atom stereocenters. The summed E-state index contributed by atoms with van der Waals surface area (Å²) in [5, 5.41) is 0. The molecule has 0 fully saturated rings. The number of hydrogen-bond donors (Lipinski definition) is 2. The highest BCUT2D eigenvalue weighted by molar-refractivity contribution is 5.94. The number of benzene rings is 1. The summed E-state index contributed by atoms with van der Waals surface area (Å²) in [6.07, 6.45) is 6.30. The van der Waals surface area contributed by atoms with Crippen LogP contribution >= 0.6 is 0 Å². The lowest BCUT2D eigenvalue weighted by atomic mass is 9.78. The van der Waals surface area contributed by atoms with Crippen LogP contribution in [0.1, 0.15) is 81.0 Å². The molecule has 5 heterocycles. The van der Waals surface area contributed by atoms with Crippen molar-refractivity contribution in [3.63, 3.8) is 0 Å². The number of aromatic nitrogens is 4. The van der Waals surface area contributed by atoms with Crippen molar-refractivity contribution in [1.82, 2.24) is 19.9 Å². The minimum absolute atomic E-state index is 0.0387. The summed E-state index contributed by atoms with van der Waals surface area (Å²) in [5.74, 6) is 0. The third kappa shape index (κ3) is 4.87. The van der Waals surface area contributed by atoms with Gasteiger partial charge in [0.25, 0.3) is 0 Å². The SMILES string of the molecule is CC(C)(C)c1cc(C2=Cc3cc4ccc(cc5nc(cc6ccc(cc2n3)[nH]6)C=C5)[nH]4)cc(C(C)(C)C)c1. The molecule has 4 nitrogen and oxygen atoms in total. The van der Waals surface area contributed by atoms with E-state index in [-0.39, 0.29) is 10.8 Å². The van der Waals surface area contributed by atoms with Gasteiger partial charge in [-0.25, -0.2) is 9.97 Å².